The summed E-state index contributed by atoms with van der Waals surface area (Å²) in [6.07, 6.45) is 9.27. The van der Waals surface area contributed by atoms with E-state index in [0.29, 0.717) is 23.5 Å². The molecule has 0 spiro atoms. The number of rotatable bonds is 7. The minimum Gasteiger partial charge on any atom is -0.478 e. The molecule has 1 fully saturated rings. The van der Waals surface area contributed by atoms with Crippen LogP contribution in [0.25, 0.3) is 17.0 Å². The number of halogens is 1. The summed E-state index contributed by atoms with van der Waals surface area (Å²) >= 11 is 0. The van der Waals surface area contributed by atoms with Crippen LogP contribution < -0.4 is 0 Å². The predicted octanol–water partition coefficient (Wildman–Crippen LogP) is 7.85. The topological polar surface area (TPSA) is 37.3 Å². The second kappa shape index (κ2) is 9.87. The molecule has 0 amide bonds. The van der Waals surface area contributed by atoms with Gasteiger partial charge >= 0.3 is 5.97 Å². The van der Waals surface area contributed by atoms with Crippen LogP contribution in [0.2, 0.25) is 0 Å². The van der Waals surface area contributed by atoms with Gasteiger partial charge in [-0.3, -0.25) is 0 Å². The first-order valence-electron chi connectivity index (χ1n) is 10.9. The Morgan fingerprint density at radius 1 is 1.07 bits per heavy atom. The fourth-order valence-corrected chi connectivity index (χ4v) is 4.34. The van der Waals surface area contributed by atoms with Crippen molar-refractivity contribution < 1.29 is 14.3 Å². The number of hydrogen-bond acceptors (Lipinski definition) is 1. The average molecular weight is 395 g/mol. The Kier molecular flexibility index (Phi) is 7.24. The van der Waals surface area contributed by atoms with Crippen molar-refractivity contribution in [1.29, 1.82) is 0 Å². The first-order chi connectivity index (χ1) is 14.0. The highest BCUT2D eigenvalue weighted by atomic mass is 19.1. The highest BCUT2D eigenvalue weighted by molar-refractivity contribution is 5.96. The van der Waals surface area contributed by atoms with Gasteiger partial charge in [-0.05, 0) is 72.8 Å². The van der Waals surface area contributed by atoms with Crippen LogP contribution in [0.15, 0.2) is 48.5 Å². The lowest BCUT2D eigenvalue weighted by molar-refractivity contribution is 0.0697. The lowest BCUT2D eigenvalue weighted by atomic mass is 9.77. The van der Waals surface area contributed by atoms with Gasteiger partial charge in [0.15, 0.2) is 0 Å². The van der Waals surface area contributed by atoms with Crippen LogP contribution in [0, 0.1) is 5.92 Å². The van der Waals surface area contributed by atoms with Gasteiger partial charge in [0.05, 0.1) is 5.56 Å². The van der Waals surface area contributed by atoms with E-state index >= 15 is 0 Å². The second-order valence-corrected chi connectivity index (χ2v) is 8.15. The Balaban J connectivity index is 1.90. The minimum absolute atomic E-state index is 0.224. The number of aromatic carboxylic acids is 1. The molecule has 1 aliphatic carbocycles. The summed E-state index contributed by atoms with van der Waals surface area (Å²) in [7, 11) is 0. The second-order valence-electron chi connectivity index (χ2n) is 8.15. The summed E-state index contributed by atoms with van der Waals surface area (Å²) in [6.45, 7) is 4.27. The quantitative estimate of drug-likeness (QED) is 0.519. The predicted molar refractivity (Wildman–Crippen MR) is 118 cm³/mol. The van der Waals surface area contributed by atoms with Crippen LogP contribution in [0.1, 0.15) is 86.2 Å². The summed E-state index contributed by atoms with van der Waals surface area (Å²) in [6, 6.07) is 12.9. The normalized spacial score (nSPS) is 19.9. The summed E-state index contributed by atoms with van der Waals surface area (Å²) in [5.74, 6) is 0.165. The Bertz CT molecular complexity index is 859. The molecule has 0 atom stereocenters. The molecule has 0 aliphatic heterocycles. The molecule has 154 valence electrons. The third kappa shape index (κ3) is 5.14. The summed E-state index contributed by atoms with van der Waals surface area (Å²) in [5.41, 5.74) is 3.59. The van der Waals surface area contributed by atoms with Crippen molar-refractivity contribution in [3.05, 3.63) is 65.2 Å². The van der Waals surface area contributed by atoms with Gasteiger partial charge in [-0.25, -0.2) is 9.18 Å². The summed E-state index contributed by atoms with van der Waals surface area (Å²) in [4.78, 5) is 11.8. The molecule has 1 N–H and O–H groups in total. The molecule has 0 aromatic heterocycles. The SMILES string of the molecule is CCCC=C(F)c1ccc(-c2cc(C3CCC(CC)CC3)ccc2C(=O)O)cc1. The van der Waals surface area contributed by atoms with Crippen LogP contribution in [-0.2, 0) is 0 Å². The molecule has 2 aromatic carbocycles. The van der Waals surface area contributed by atoms with Gasteiger partial charge in [0, 0.05) is 5.56 Å². The van der Waals surface area contributed by atoms with Gasteiger partial charge in [-0.1, -0.05) is 63.1 Å². The van der Waals surface area contributed by atoms with Gasteiger partial charge < -0.3 is 5.11 Å². The van der Waals surface area contributed by atoms with Crippen LogP contribution in [-0.4, -0.2) is 11.1 Å². The Morgan fingerprint density at radius 3 is 2.34 bits per heavy atom. The maximum Gasteiger partial charge on any atom is 0.336 e. The van der Waals surface area contributed by atoms with E-state index in [0.717, 1.165) is 36.3 Å². The van der Waals surface area contributed by atoms with Crippen LogP contribution >= 0.6 is 0 Å². The standard InChI is InChI=1S/C26H31FO2/c1-3-5-6-25(27)21-13-11-20(12-14-21)24-17-22(15-16-23(24)26(28)29)19-9-7-18(4-2)8-10-19/h6,11-19H,3-5,7-10H2,1-2H3,(H,28,29). The molecule has 0 heterocycles. The molecule has 2 nitrogen and oxygen atoms in total. The number of carbonyl (C=O) groups is 1. The highest BCUT2D eigenvalue weighted by Gasteiger charge is 2.23. The Hall–Kier alpha value is -2.42. The van der Waals surface area contributed by atoms with Crippen molar-refractivity contribution >= 4 is 11.8 Å². The van der Waals surface area contributed by atoms with E-state index in [2.05, 4.69) is 6.92 Å². The van der Waals surface area contributed by atoms with Crippen molar-refractivity contribution in [2.75, 3.05) is 0 Å². The number of carboxylic acids is 1. The lowest BCUT2D eigenvalue weighted by Gasteiger charge is -2.28. The van der Waals surface area contributed by atoms with Gasteiger partial charge in [0.2, 0.25) is 0 Å². The zero-order chi connectivity index (χ0) is 20.8. The zero-order valence-electron chi connectivity index (χ0n) is 17.5. The maximum absolute atomic E-state index is 14.2. The zero-order valence-corrected chi connectivity index (χ0v) is 17.5. The smallest absolute Gasteiger partial charge is 0.336 e. The fourth-order valence-electron chi connectivity index (χ4n) is 4.34. The molecule has 1 saturated carbocycles. The minimum atomic E-state index is -0.931. The number of hydrogen-bond donors (Lipinski definition) is 1. The molecular weight excluding hydrogens is 363 g/mol. The molecule has 1 aliphatic rings. The van der Waals surface area contributed by atoms with Gasteiger partial charge in [-0.15, -0.1) is 0 Å². The van der Waals surface area contributed by atoms with Crippen molar-refractivity contribution in [1.82, 2.24) is 0 Å². The molecule has 0 unspecified atom stereocenters. The van der Waals surface area contributed by atoms with Gasteiger partial charge in [0.25, 0.3) is 0 Å². The fraction of sp³-hybridized carbons (Fsp3) is 0.423. The number of unbranched alkanes of at least 4 members (excludes halogenated alkanes) is 1. The van der Waals surface area contributed by atoms with E-state index in [-0.39, 0.29) is 5.83 Å². The number of carboxylic acid groups (broad SMARTS) is 1. The van der Waals surface area contributed by atoms with E-state index in [4.69, 9.17) is 0 Å². The largest absolute Gasteiger partial charge is 0.478 e. The van der Waals surface area contributed by atoms with Crippen LogP contribution in [0.4, 0.5) is 4.39 Å². The van der Waals surface area contributed by atoms with Crippen LogP contribution in [0.5, 0.6) is 0 Å². The van der Waals surface area contributed by atoms with E-state index in [1.807, 2.05) is 31.2 Å². The van der Waals surface area contributed by atoms with E-state index in [1.165, 1.54) is 24.8 Å². The first kappa shape index (κ1) is 21.3. The summed E-state index contributed by atoms with van der Waals surface area (Å²) in [5, 5.41) is 9.67. The number of allylic oxidation sites excluding steroid dienone is 1. The van der Waals surface area contributed by atoms with Crippen molar-refractivity contribution in [3.63, 3.8) is 0 Å². The van der Waals surface area contributed by atoms with Crippen LogP contribution in [0.3, 0.4) is 0 Å². The molecular formula is C26H31FO2. The van der Waals surface area contributed by atoms with E-state index < -0.39 is 5.97 Å². The third-order valence-electron chi connectivity index (χ3n) is 6.25. The molecule has 0 radical (unpaired) electrons. The van der Waals surface area contributed by atoms with Crippen molar-refractivity contribution in [2.24, 2.45) is 5.92 Å². The van der Waals surface area contributed by atoms with Gasteiger partial charge in [-0.2, -0.15) is 0 Å². The van der Waals surface area contributed by atoms with Gasteiger partial charge in [0.1, 0.15) is 5.83 Å². The highest BCUT2D eigenvalue weighted by Crippen LogP contribution is 2.39. The molecule has 3 rings (SSSR count). The maximum atomic E-state index is 14.2. The third-order valence-corrected chi connectivity index (χ3v) is 6.25. The summed E-state index contributed by atoms with van der Waals surface area (Å²) < 4.78 is 14.2. The van der Waals surface area contributed by atoms with E-state index in [1.54, 1.807) is 24.3 Å². The Labute approximate surface area is 173 Å². The molecule has 2 aromatic rings. The number of benzene rings is 2. The molecule has 3 heteroatoms. The van der Waals surface area contributed by atoms with Crippen molar-refractivity contribution in [2.45, 2.75) is 64.7 Å². The lowest BCUT2D eigenvalue weighted by Crippen LogP contribution is -2.13. The van der Waals surface area contributed by atoms with E-state index in [9.17, 15) is 14.3 Å². The molecule has 29 heavy (non-hydrogen) atoms. The molecule has 0 saturated heterocycles. The van der Waals surface area contributed by atoms with Crippen molar-refractivity contribution in [3.8, 4) is 11.1 Å². The Morgan fingerprint density at radius 2 is 1.76 bits per heavy atom. The molecule has 0 bridgehead atoms. The average Bonchev–Trinajstić information content (AvgIpc) is 2.77. The first-order valence-corrected chi connectivity index (χ1v) is 10.9. The monoisotopic (exact) mass is 394 g/mol.